The molecule has 3 rings (SSSR count). The Morgan fingerprint density at radius 3 is 2.91 bits per heavy atom. The summed E-state index contributed by atoms with van der Waals surface area (Å²) >= 11 is 1.39. The summed E-state index contributed by atoms with van der Waals surface area (Å²) in [4.78, 5) is 35.1. The van der Waals surface area contributed by atoms with Gasteiger partial charge in [-0.05, 0) is 24.1 Å². The minimum absolute atomic E-state index is 0.117. The maximum atomic E-state index is 11.6. The quantitative estimate of drug-likeness (QED) is 0.638. The van der Waals surface area contributed by atoms with Crippen LogP contribution in [-0.4, -0.2) is 26.3 Å². The minimum Gasteiger partial charge on any atom is -0.494 e. The highest BCUT2D eigenvalue weighted by atomic mass is 32.1. The Labute approximate surface area is 128 Å². The SMILES string of the molecule is CCc1ccc2nc(/N=C/c3c(O)[nH]c(=O)[nH]c3=O)sc2c1. The highest BCUT2D eigenvalue weighted by Gasteiger charge is 2.07. The highest BCUT2D eigenvalue weighted by molar-refractivity contribution is 7.22. The fourth-order valence-corrected chi connectivity index (χ4v) is 2.83. The van der Waals surface area contributed by atoms with Gasteiger partial charge in [0.1, 0.15) is 5.56 Å². The molecule has 112 valence electrons. The molecule has 2 aromatic heterocycles. The Kier molecular flexibility index (Phi) is 3.60. The third kappa shape index (κ3) is 2.68. The van der Waals surface area contributed by atoms with E-state index < -0.39 is 17.1 Å². The average Bonchev–Trinajstić information content (AvgIpc) is 2.87. The zero-order chi connectivity index (χ0) is 15.7. The van der Waals surface area contributed by atoms with E-state index in [4.69, 9.17) is 0 Å². The second-order valence-electron chi connectivity index (χ2n) is 4.58. The van der Waals surface area contributed by atoms with Gasteiger partial charge in [0, 0.05) is 6.21 Å². The van der Waals surface area contributed by atoms with Crippen molar-refractivity contribution in [3.05, 3.63) is 50.2 Å². The number of thiazole rings is 1. The zero-order valence-electron chi connectivity index (χ0n) is 11.6. The van der Waals surface area contributed by atoms with Gasteiger partial charge < -0.3 is 5.11 Å². The number of benzene rings is 1. The number of nitrogens with zero attached hydrogens (tertiary/aromatic N) is 2. The van der Waals surface area contributed by atoms with Crippen LogP contribution in [-0.2, 0) is 6.42 Å². The van der Waals surface area contributed by atoms with Crippen molar-refractivity contribution >= 4 is 32.9 Å². The van der Waals surface area contributed by atoms with Crippen LogP contribution < -0.4 is 11.2 Å². The van der Waals surface area contributed by atoms with Gasteiger partial charge in [0.15, 0.2) is 0 Å². The molecule has 3 aromatic rings. The molecular weight excluding hydrogens is 304 g/mol. The largest absolute Gasteiger partial charge is 0.494 e. The number of aryl methyl sites for hydroxylation is 1. The van der Waals surface area contributed by atoms with Crippen molar-refractivity contribution in [2.24, 2.45) is 4.99 Å². The van der Waals surface area contributed by atoms with Crippen LogP contribution in [0.4, 0.5) is 5.13 Å². The van der Waals surface area contributed by atoms with Crippen molar-refractivity contribution in [1.82, 2.24) is 15.0 Å². The Balaban J connectivity index is 1.99. The molecule has 7 nitrogen and oxygen atoms in total. The number of aromatic amines is 2. The summed E-state index contributed by atoms with van der Waals surface area (Å²) in [6.45, 7) is 2.08. The normalized spacial score (nSPS) is 11.5. The molecule has 0 aliphatic rings. The monoisotopic (exact) mass is 316 g/mol. The van der Waals surface area contributed by atoms with Crippen LogP contribution in [0.15, 0.2) is 32.8 Å². The van der Waals surface area contributed by atoms with E-state index in [1.165, 1.54) is 23.1 Å². The lowest BCUT2D eigenvalue weighted by molar-refractivity contribution is 0.447. The van der Waals surface area contributed by atoms with Crippen LogP contribution in [0.3, 0.4) is 0 Å². The minimum atomic E-state index is -0.772. The molecule has 0 radical (unpaired) electrons. The summed E-state index contributed by atoms with van der Waals surface area (Å²) < 4.78 is 1.01. The maximum absolute atomic E-state index is 11.6. The molecule has 3 N–H and O–H groups in total. The van der Waals surface area contributed by atoms with Gasteiger partial charge in [0.2, 0.25) is 11.0 Å². The summed E-state index contributed by atoms with van der Waals surface area (Å²) in [6.07, 6.45) is 2.12. The van der Waals surface area contributed by atoms with Crippen molar-refractivity contribution in [2.75, 3.05) is 0 Å². The van der Waals surface area contributed by atoms with Crippen LogP contribution in [0, 0.1) is 0 Å². The molecule has 2 heterocycles. The van der Waals surface area contributed by atoms with Crippen LogP contribution >= 0.6 is 11.3 Å². The summed E-state index contributed by atoms with van der Waals surface area (Å²) in [7, 11) is 0. The highest BCUT2D eigenvalue weighted by Crippen LogP contribution is 2.28. The average molecular weight is 316 g/mol. The van der Waals surface area contributed by atoms with E-state index in [-0.39, 0.29) is 5.56 Å². The molecule has 8 heteroatoms. The van der Waals surface area contributed by atoms with Gasteiger partial charge in [-0.1, -0.05) is 24.3 Å². The smallest absolute Gasteiger partial charge is 0.328 e. The number of fused-ring (bicyclic) bond motifs is 1. The first-order valence-electron chi connectivity index (χ1n) is 6.56. The van der Waals surface area contributed by atoms with Gasteiger partial charge in [-0.25, -0.2) is 14.8 Å². The van der Waals surface area contributed by atoms with Gasteiger partial charge in [0.25, 0.3) is 5.56 Å². The summed E-state index contributed by atoms with van der Waals surface area (Å²) in [6, 6.07) is 5.98. The lowest BCUT2D eigenvalue weighted by Gasteiger charge is -1.94. The van der Waals surface area contributed by atoms with Crippen molar-refractivity contribution in [1.29, 1.82) is 0 Å². The molecule has 0 spiro atoms. The summed E-state index contributed by atoms with van der Waals surface area (Å²) in [5, 5.41) is 10.0. The fraction of sp³-hybridized carbons (Fsp3) is 0.143. The number of aromatic nitrogens is 3. The van der Waals surface area contributed by atoms with Crippen molar-refractivity contribution in [3.8, 4) is 5.88 Å². The topological polar surface area (TPSA) is 111 Å². The number of nitrogens with one attached hydrogen (secondary N) is 2. The summed E-state index contributed by atoms with van der Waals surface area (Å²) in [5.41, 5.74) is 0.439. The molecule has 0 fully saturated rings. The molecular formula is C14H12N4O3S. The van der Waals surface area contributed by atoms with Crippen LogP contribution in [0.2, 0.25) is 0 Å². The molecule has 0 saturated carbocycles. The Bertz CT molecular complexity index is 984. The molecule has 0 unspecified atom stereocenters. The van der Waals surface area contributed by atoms with E-state index in [1.54, 1.807) is 0 Å². The van der Waals surface area contributed by atoms with E-state index in [1.807, 2.05) is 17.1 Å². The number of aromatic hydroxyl groups is 1. The second-order valence-corrected chi connectivity index (χ2v) is 5.59. The molecule has 0 amide bonds. The van der Waals surface area contributed by atoms with E-state index in [9.17, 15) is 14.7 Å². The third-order valence-corrected chi connectivity index (χ3v) is 4.04. The van der Waals surface area contributed by atoms with Gasteiger partial charge in [0.05, 0.1) is 10.2 Å². The Morgan fingerprint density at radius 2 is 2.18 bits per heavy atom. The van der Waals surface area contributed by atoms with E-state index in [0.29, 0.717) is 5.13 Å². The van der Waals surface area contributed by atoms with E-state index in [0.717, 1.165) is 16.6 Å². The molecule has 0 aliphatic carbocycles. The molecule has 0 aliphatic heterocycles. The van der Waals surface area contributed by atoms with Gasteiger partial charge >= 0.3 is 5.69 Å². The third-order valence-electron chi connectivity index (χ3n) is 3.11. The first-order valence-corrected chi connectivity index (χ1v) is 7.37. The Hall–Kier alpha value is -2.74. The number of rotatable bonds is 3. The van der Waals surface area contributed by atoms with Crippen LogP contribution in [0.1, 0.15) is 18.1 Å². The maximum Gasteiger partial charge on any atom is 0.328 e. The molecule has 0 saturated heterocycles. The lowest BCUT2D eigenvalue weighted by Crippen LogP contribution is -2.24. The predicted octanol–water partition coefficient (Wildman–Crippen LogP) is 1.69. The first kappa shape index (κ1) is 14.2. The fourth-order valence-electron chi connectivity index (χ4n) is 1.96. The molecule has 1 aromatic carbocycles. The summed E-state index contributed by atoms with van der Waals surface area (Å²) in [5.74, 6) is -0.521. The van der Waals surface area contributed by atoms with Gasteiger partial charge in [-0.15, -0.1) is 0 Å². The predicted molar refractivity (Wildman–Crippen MR) is 85.6 cm³/mol. The van der Waals surface area contributed by atoms with Crippen molar-refractivity contribution in [3.63, 3.8) is 0 Å². The van der Waals surface area contributed by atoms with Crippen LogP contribution in [0.25, 0.3) is 10.2 Å². The zero-order valence-corrected chi connectivity index (χ0v) is 12.4. The standard InChI is InChI=1S/C14H12N4O3S/c1-2-7-3-4-9-10(5-7)22-14(16-9)15-6-8-11(19)17-13(21)18-12(8)20/h3-6H,2H2,1H3,(H3,17,18,19,20,21)/b15-6+. The van der Waals surface area contributed by atoms with E-state index >= 15 is 0 Å². The Morgan fingerprint density at radius 1 is 1.36 bits per heavy atom. The molecule has 0 atom stereocenters. The van der Waals surface area contributed by atoms with Gasteiger partial charge in [-0.2, -0.15) is 0 Å². The van der Waals surface area contributed by atoms with E-state index in [2.05, 4.69) is 28.0 Å². The van der Waals surface area contributed by atoms with Crippen molar-refractivity contribution in [2.45, 2.75) is 13.3 Å². The first-order chi connectivity index (χ1) is 10.6. The van der Waals surface area contributed by atoms with Crippen LogP contribution in [0.5, 0.6) is 5.88 Å². The molecule has 0 bridgehead atoms. The lowest BCUT2D eigenvalue weighted by atomic mass is 10.2. The van der Waals surface area contributed by atoms with Crippen molar-refractivity contribution < 1.29 is 5.11 Å². The van der Waals surface area contributed by atoms with Gasteiger partial charge in [-0.3, -0.25) is 14.8 Å². The number of H-pyrrole nitrogens is 2. The number of hydrogen-bond acceptors (Lipinski definition) is 6. The molecule has 22 heavy (non-hydrogen) atoms. The number of hydrogen-bond donors (Lipinski definition) is 3. The number of aliphatic imine (C=N–C) groups is 1. The second kappa shape index (κ2) is 5.57.